The van der Waals surface area contributed by atoms with E-state index in [-0.39, 0.29) is 34.5 Å². The van der Waals surface area contributed by atoms with Crippen molar-refractivity contribution in [1.29, 1.82) is 0 Å². The topological polar surface area (TPSA) is 185 Å². The summed E-state index contributed by atoms with van der Waals surface area (Å²) in [5.41, 5.74) is -0.329. The number of fused-ring (bicyclic) bond motifs is 2. The molecule has 4 fully saturated rings. The molecule has 2 unspecified atom stereocenters. The molecule has 18 heteroatoms. The van der Waals surface area contributed by atoms with Gasteiger partial charge in [-0.2, -0.15) is 0 Å². The first-order chi connectivity index (χ1) is 29.7. The number of hydrogen-bond donors (Lipinski definition) is 2. The van der Waals surface area contributed by atoms with Gasteiger partial charge in [0.25, 0.3) is 17.7 Å². The van der Waals surface area contributed by atoms with Crippen LogP contribution in [0.2, 0.25) is 0 Å². The van der Waals surface area contributed by atoms with Crippen LogP contribution in [0.4, 0.5) is 14.9 Å². The number of benzene rings is 2. The molecule has 4 aliphatic rings. The first-order valence-electron chi connectivity index (χ1n) is 21.0. The van der Waals surface area contributed by atoms with E-state index in [4.69, 9.17) is 9.26 Å². The van der Waals surface area contributed by atoms with E-state index in [1.807, 2.05) is 6.92 Å². The Morgan fingerprint density at radius 1 is 1.00 bits per heavy atom. The molecule has 15 nitrogen and oxygen atoms in total. The van der Waals surface area contributed by atoms with Crippen molar-refractivity contribution >= 4 is 70.3 Å². The van der Waals surface area contributed by atoms with Crippen molar-refractivity contribution in [3.63, 3.8) is 0 Å². The summed E-state index contributed by atoms with van der Waals surface area (Å²) in [5.74, 6) is -4.87. The number of urea groups is 1. The number of carbonyl (C=O) groups is 6. The van der Waals surface area contributed by atoms with Gasteiger partial charge < -0.3 is 19.5 Å². The van der Waals surface area contributed by atoms with E-state index in [0.29, 0.717) is 67.1 Å². The first-order valence-corrected chi connectivity index (χ1v) is 23.5. The predicted octanol–water partition coefficient (Wildman–Crippen LogP) is 7.34. The standard InChI is InChI=1S/C44H48FN6O9PS/c1-4-22-59-41(55)27(3)48-61(58,60-32-11-6-5-7-12-32)37(45)28-15-19-35-29(23-28)24-36(62-35)38(52)47-33-13-9-8-10-30-17-18-34(49(30)39(33)53)40(54)51-43(57)50(42(56)44(51)20-21-44)31-16-14-26(2)46-25-31/h5-7,11-12,14-16,19,23-25,27,30,33-34,37H,4,8-10,13,17-18,20-22H2,1-3H3,(H,47,52)(H,48,58)/t27-,30-,33?,34-,37+,61?/m0/s1. The molecule has 0 radical (unpaired) electrons. The third-order valence-corrected chi connectivity index (χ3v) is 15.2. The van der Waals surface area contributed by atoms with Gasteiger partial charge in [0.2, 0.25) is 11.8 Å². The normalized spacial score (nSPS) is 22.7. The van der Waals surface area contributed by atoms with Crippen molar-refractivity contribution in [2.24, 2.45) is 0 Å². The Morgan fingerprint density at radius 2 is 1.76 bits per heavy atom. The van der Waals surface area contributed by atoms with Crippen molar-refractivity contribution < 1.29 is 47.0 Å². The molecule has 1 aliphatic carbocycles. The monoisotopic (exact) mass is 886 g/mol. The number of esters is 1. The Balaban J connectivity index is 0.996. The first kappa shape index (κ1) is 43.2. The number of anilines is 1. The minimum absolute atomic E-state index is 0.0149. The number of pyridine rings is 1. The highest BCUT2D eigenvalue weighted by molar-refractivity contribution is 7.57. The number of aryl methyl sites for hydroxylation is 1. The van der Waals surface area contributed by atoms with Crippen molar-refractivity contribution in [2.75, 3.05) is 11.5 Å². The summed E-state index contributed by atoms with van der Waals surface area (Å²) in [4.78, 5) is 91.1. The SMILES string of the molecule is CCCOC(=O)[C@H](C)NP(=O)(Oc1ccccc1)[C@@H](F)c1ccc2sc(C(=O)NC3CCCC[C@H]4CC[C@@H](C(=O)N5C(=O)N(c6ccc(C)nc6)C(=O)C56CC6)N4C3=O)cc2c1. The second kappa shape index (κ2) is 17.3. The van der Waals surface area contributed by atoms with E-state index < -0.39 is 72.7 Å². The van der Waals surface area contributed by atoms with Gasteiger partial charge in [-0.25, -0.2) is 24.1 Å². The fraction of sp³-hybridized carbons (Fsp3) is 0.432. The molecule has 6 atom stereocenters. The number of carbonyl (C=O) groups excluding carboxylic acids is 6. The van der Waals surface area contributed by atoms with Crippen molar-refractivity contribution in [3.05, 3.63) is 89.1 Å². The van der Waals surface area contributed by atoms with Crippen LogP contribution in [0.15, 0.2) is 72.9 Å². The molecule has 2 N–H and O–H groups in total. The number of para-hydroxylation sites is 1. The molecule has 2 aromatic carbocycles. The van der Waals surface area contributed by atoms with Gasteiger partial charge in [0.05, 0.1) is 23.4 Å². The summed E-state index contributed by atoms with van der Waals surface area (Å²) in [6.45, 7) is 5.17. The smallest absolute Gasteiger partial charge is 0.355 e. The summed E-state index contributed by atoms with van der Waals surface area (Å²) in [6, 6.07) is 13.2. The Morgan fingerprint density at radius 3 is 2.47 bits per heavy atom. The molecular weight excluding hydrogens is 839 g/mol. The molecule has 0 bridgehead atoms. The van der Waals surface area contributed by atoms with Gasteiger partial charge in [-0.3, -0.25) is 33.5 Å². The van der Waals surface area contributed by atoms with Crippen LogP contribution in [0, 0.1) is 6.92 Å². The Hall–Kier alpha value is -5.51. The molecule has 326 valence electrons. The molecular formula is C44H48FN6O9PS. The lowest BCUT2D eigenvalue weighted by Crippen LogP contribution is -2.58. The molecule has 8 rings (SSSR count). The van der Waals surface area contributed by atoms with Crippen LogP contribution in [0.1, 0.15) is 98.5 Å². The molecule has 6 amide bonds. The van der Waals surface area contributed by atoms with E-state index >= 15 is 4.39 Å². The third-order valence-electron chi connectivity index (χ3n) is 11.9. The maximum absolute atomic E-state index is 16.6. The molecule has 62 heavy (non-hydrogen) atoms. The quantitative estimate of drug-likeness (QED) is 0.0778. The van der Waals surface area contributed by atoms with E-state index in [1.54, 1.807) is 49.4 Å². The van der Waals surface area contributed by atoms with Crippen molar-refractivity contribution in [1.82, 2.24) is 25.2 Å². The van der Waals surface area contributed by atoms with Crippen LogP contribution >= 0.6 is 18.9 Å². The number of alkyl halides is 1. The predicted molar refractivity (Wildman–Crippen MR) is 228 cm³/mol. The number of halogens is 1. The second-order valence-electron chi connectivity index (χ2n) is 16.4. The summed E-state index contributed by atoms with van der Waals surface area (Å²) < 4.78 is 42.4. The number of amides is 6. The van der Waals surface area contributed by atoms with E-state index in [9.17, 15) is 33.3 Å². The third kappa shape index (κ3) is 8.13. The highest BCUT2D eigenvalue weighted by Gasteiger charge is 2.68. The highest BCUT2D eigenvalue weighted by atomic mass is 32.1. The lowest BCUT2D eigenvalue weighted by molar-refractivity contribution is -0.147. The lowest BCUT2D eigenvalue weighted by atomic mass is 9.99. The zero-order valence-corrected chi connectivity index (χ0v) is 36.3. The summed E-state index contributed by atoms with van der Waals surface area (Å²) in [5, 5.41) is 5.94. The zero-order valence-electron chi connectivity index (χ0n) is 34.6. The van der Waals surface area contributed by atoms with Crippen molar-refractivity contribution in [3.8, 4) is 5.75 Å². The van der Waals surface area contributed by atoms with Gasteiger partial charge in [0.15, 0.2) is 0 Å². The van der Waals surface area contributed by atoms with Crippen LogP contribution < -0.4 is 19.8 Å². The molecule has 1 saturated carbocycles. The number of aromatic nitrogens is 1. The minimum atomic E-state index is -4.49. The van der Waals surface area contributed by atoms with Gasteiger partial charge in [0, 0.05) is 16.4 Å². The van der Waals surface area contributed by atoms with Gasteiger partial charge in [-0.15, -0.1) is 11.3 Å². The number of nitrogens with zero attached hydrogens (tertiary/aromatic N) is 4. The number of nitrogens with one attached hydrogen (secondary N) is 2. The van der Waals surface area contributed by atoms with Gasteiger partial charge in [0.1, 0.15) is 29.4 Å². The molecule has 5 heterocycles. The summed E-state index contributed by atoms with van der Waals surface area (Å²) >= 11 is 1.13. The molecule has 3 saturated heterocycles. The minimum Gasteiger partial charge on any atom is -0.465 e. The van der Waals surface area contributed by atoms with Crippen LogP contribution in [-0.4, -0.2) is 86.7 Å². The Labute approximate surface area is 361 Å². The zero-order chi connectivity index (χ0) is 43.9. The number of thiophene rings is 1. The van der Waals surface area contributed by atoms with E-state index in [1.165, 1.54) is 42.3 Å². The second-order valence-corrected chi connectivity index (χ2v) is 19.5. The lowest BCUT2D eigenvalue weighted by Gasteiger charge is -2.36. The largest absolute Gasteiger partial charge is 0.465 e. The fourth-order valence-corrected chi connectivity index (χ4v) is 11.4. The number of imide groups is 2. The number of hydrogen-bond acceptors (Lipinski definition) is 11. The van der Waals surface area contributed by atoms with Gasteiger partial charge in [-0.1, -0.05) is 44.0 Å². The molecule has 4 aromatic rings. The van der Waals surface area contributed by atoms with Crippen LogP contribution in [0.5, 0.6) is 5.75 Å². The summed E-state index contributed by atoms with van der Waals surface area (Å²) in [6.07, 6.45) is 5.89. The number of ether oxygens (including phenoxy) is 1. The Kier molecular flexibility index (Phi) is 12.1. The average Bonchev–Trinajstić information content (AvgIpc) is 3.66. The van der Waals surface area contributed by atoms with Crippen molar-refractivity contribution in [2.45, 2.75) is 114 Å². The maximum atomic E-state index is 16.6. The van der Waals surface area contributed by atoms with E-state index in [0.717, 1.165) is 27.6 Å². The summed E-state index contributed by atoms with van der Waals surface area (Å²) in [7, 11) is -4.49. The molecule has 1 spiro atoms. The maximum Gasteiger partial charge on any atom is 0.355 e. The van der Waals surface area contributed by atoms with E-state index in [2.05, 4.69) is 15.4 Å². The Bertz CT molecular complexity index is 2460. The van der Waals surface area contributed by atoms with Crippen LogP contribution in [0.25, 0.3) is 10.1 Å². The highest BCUT2D eigenvalue weighted by Crippen LogP contribution is 2.58. The fourth-order valence-electron chi connectivity index (χ4n) is 8.59. The number of rotatable bonds is 13. The molecule has 2 aromatic heterocycles. The van der Waals surface area contributed by atoms with Gasteiger partial charge in [-0.05, 0) is 112 Å². The van der Waals surface area contributed by atoms with Crippen LogP contribution in [0.3, 0.4) is 0 Å². The molecule has 3 aliphatic heterocycles. The average molecular weight is 887 g/mol. The van der Waals surface area contributed by atoms with Gasteiger partial charge >= 0.3 is 19.5 Å². The van der Waals surface area contributed by atoms with Crippen LogP contribution in [-0.2, 0) is 28.5 Å².